The first-order valence-corrected chi connectivity index (χ1v) is 8.93. The summed E-state index contributed by atoms with van der Waals surface area (Å²) in [7, 11) is -2.27. The average Bonchev–Trinajstić information content (AvgIpc) is 1.21. The molecule has 49 valence electrons. The maximum absolute atomic E-state index is 5.68. The van der Waals surface area contributed by atoms with Crippen molar-refractivity contribution in [3.05, 3.63) is 0 Å². The van der Waals surface area contributed by atoms with Crippen LogP contribution in [0.4, 0.5) is 0 Å². The van der Waals surface area contributed by atoms with Crippen molar-refractivity contribution < 1.29 is 4.12 Å². The van der Waals surface area contributed by atoms with E-state index in [0.29, 0.717) is 0 Å². The lowest BCUT2D eigenvalue weighted by atomic mass is 11.8. The van der Waals surface area contributed by atoms with Gasteiger partial charge in [0.15, 0.2) is 8.32 Å². The zero-order valence-corrected chi connectivity index (χ0v) is 8.54. The van der Waals surface area contributed by atoms with Gasteiger partial charge in [0, 0.05) is 0 Å². The molecule has 1 nitrogen and oxygen atoms in total. The smallest absolute Gasteiger partial charge is 0.309 e. The molecule has 8 heavy (non-hydrogen) atoms. The Morgan fingerprint density at radius 1 is 1.38 bits per heavy atom. The highest BCUT2D eigenvalue weighted by Crippen LogP contribution is 2.06. The molecule has 0 aliphatic carbocycles. The summed E-state index contributed by atoms with van der Waals surface area (Å²) in [6, 6.07) is 0. The van der Waals surface area contributed by atoms with Gasteiger partial charge in [-0.15, -0.1) is 11.1 Å². The van der Waals surface area contributed by atoms with Gasteiger partial charge in [-0.1, -0.05) is 0 Å². The van der Waals surface area contributed by atoms with Crippen LogP contribution >= 0.6 is 11.1 Å². The lowest BCUT2D eigenvalue weighted by Gasteiger charge is -2.17. The summed E-state index contributed by atoms with van der Waals surface area (Å²) >= 11 is 5.68. The van der Waals surface area contributed by atoms with Crippen LogP contribution in [-0.2, 0) is 4.12 Å². The Bertz CT molecular complexity index is 68.9. The van der Waals surface area contributed by atoms with Crippen LogP contribution in [0.1, 0.15) is 0 Å². The first-order chi connectivity index (χ1) is 3.42. The van der Waals surface area contributed by atoms with E-state index in [4.69, 9.17) is 15.2 Å². The molecule has 0 saturated heterocycles. The summed E-state index contributed by atoms with van der Waals surface area (Å²) in [6.07, 6.45) is 0. The van der Waals surface area contributed by atoms with Crippen molar-refractivity contribution in [3.63, 3.8) is 0 Å². The van der Waals surface area contributed by atoms with Gasteiger partial charge >= 0.3 is 8.35 Å². The maximum Gasteiger partial charge on any atom is 0.309 e. The molecule has 0 aromatic carbocycles. The van der Waals surface area contributed by atoms with Crippen molar-refractivity contribution >= 4 is 27.7 Å². The Balaban J connectivity index is 3.39. The molecule has 4 heteroatoms. The van der Waals surface area contributed by atoms with E-state index < -0.39 is 16.7 Å². The fourth-order valence-corrected chi connectivity index (χ4v) is 5.88. The van der Waals surface area contributed by atoms with Crippen molar-refractivity contribution in [2.75, 3.05) is 0 Å². The van der Waals surface area contributed by atoms with Crippen LogP contribution in [0, 0.1) is 0 Å². The summed E-state index contributed by atoms with van der Waals surface area (Å²) in [5.74, 6) is 0. The van der Waals surface area contributed by atoms with Crippen molar-refractivity contribution in [1.29, 1.82) is 0 Å². The highest BCUT2D eigenvalue weighted by molar-refractivity contribution is 7.05. The molecule has 0 spiro atoms. The Morgan fingerprint density at radius 2 is 1.75 bits per heavy atom. The van der Waals surface area contributed by atoms with Crippen LogP contribution in [0.15, 0.2) is 0 Å². The van der Waals surface area contributed by atoms with Crippen LogP contribution < -0.4 is 0 Å². The Kier molecular flexibility index (Phi) is 3.26. The predicted molar refractivity (Wildman–Crippen MR) is 41.9 cm³/mol. The molecule has 0 heterocycles. The molecule has 0 amide bonds. The molecule has 0 N–H and O–H groups in total. The lowest BCUT2D eigenvalue weighted by molar-refractivity contribution is 0.595. The molecule has 0 bridgehead atoms. The first kappa shape index (κ1) is 8.68. The Morgan fingerprint density at radius 3 is 1.75 bits per heavy atom. The molecule has 0 saturated carbocycles. The van der Waals surface area contributed by atoms with Gasteiger partial charge in [-0.3, -0.25) is 0 Å². The van der Waals surface area contributed by atoms with E-state index in [-0.39, 0.29) is 0 Å². The van der Waals surface area contributed by atoms with Crippen molar-refractivity contribution in [2.45, 2.75) is 26.2 Å². The number of hydrogen-bond donors (Lipinski definition) is 0. The van der Waals surface area contributed by atoms with Crippen LogP contribution in [0.3, 0.4) is 0 Å². The fourth-order valence-electron chi connectivity index (χ4n) is 0.422. The van der Waals surface area contributed by atoms with Gasteiger partial charge in [0.2, 0.25) is 0 Å². The summed E-state index contributed by atoms with van der Waals surface area (Å²) < 4.78 is 5.44. The van der Waals surface area contributed by atoms with Crippen molar-refractivity contribution in [3.8, 4) is 0 Å². The van der Waals surface area contributed by atoms with E-state index in [0.717, 1.165) is 0 Å². The quantitative estimate of drug-likeness (QED) is 0.453. The van der Waals surface area contributed by atoms with Gasteiger partial charge in [-0.2, -0.15) is 0 Å². The monoisotopic (exact) mass is 167 g/mol. The van der Waals surface area contributed by atoms with Crippen LogP contribution in [-0.4, -0.2) is 16.7 Å². The van der Waals surface area contributed by atoms with Crippen LogP contribution in [0.5, 0.6) is 0 Å². The summed E-state index contributed by atoms with van der Waals surface area (Å²) in [6.45, 7) is 8.38. The minimum Gasteiger partial charge on any atom is -0.445 e. The molecule has 0 rings (SSSR count). The second kappa shape index (κ2) is 3.01. The second-order valence-electron chi connectivity index (χ2n) is 2.68. The third-order valence-electron chi connectivity index (χ3n) is 0.447. The third-order valence-corrected chi connectivity index (χ3v) is 4.72. The molecular formula is C4H12ClOSi2. The Hall–Kier alpha value is 0.684. The summed E-state index contributed by atoms with van der Waals surface area (Å²) in [5, 5.41) is 0. The highest BCUT2D eigenvalue weighted by atomic mass is 35.6. The van der Waals surface area contributed by atoms with E-state index in [2.05, 4.69) is 19.6 Å². The topological polar surface area (TPSA) is 9.23 Å². The molecule has 0 fully saturated rings. The average molecular weight is 168 g/mol. The minimum atomic E-state index is -1.31. The van der Waals surface area contributed by atoms with Gasteiger partial charge in [0.25, 0.3) is 0 Å². The standard InChI is InChI=1S/C4H12ClOSi2/c1-7(5)6-8(2,3)4/h1-4H3. The second-order valence-corrected chi connectivity index (χ2v) is 10.3. The Labute approximate surface area is 58.6 Å². The molecule has 0 aliphatic rings. The molecule has 0 aliphatic heterocycles. The normalized spacial score (nSPS) is 12.8. The number of halogens is 1. The van der Waals surface area contributed by atoms with Gasteiger partial charge in [-0.25, -0.2) is 0 Å². The van der Waals surface area contributed by atoms with E-state index in [1.54, 1.807) is 0 Å². The largest absolute Gasteiger partial charge is 0.445 e. The van der Waals surface area contributed by atoms with E-state index in [1.807, 2.05) is 6.55 Å². The van der Waals surface area contributed by atoms with Crippen LogP contribution in [0.25, 0.3) is 0 Å². The summed E-state index contributed by atoms with van der Waals surface area (Å²) in [5.41, 5.74) is 0. The number of rotatable bonds is 2. The molecular weight excluding hydrogens is 156 g/mol. The van der Waals surface area contributed by atoms with E-state index in [1.165, 1.54) is 0 Å². The maximum atomic E-state index is 5.68. The predicted octanol–water partition coefficient (Wildman–Crippen LogP) is 2.19. The van der Waals surface area contributed by atoms with Gasteiger partial charge in [0.1, 0.15) is 0 Å². The van der Waals surface area contributed by atoms with E-state index >= 15 is 0 Å². The van der Waals surface area contributed by atoms with Gasteiger partial charge in [0.05, 0.1) is 0 Å². The number of hydrogen-bond acceptors (Lipinski definition) is 1. The third kappa shape index (κ3) is 6.68. The van der Waals surface area contributed by atoms with Gasteiger partial charge in [-0.05, 0) is 26.2 Å². The molecule has 1 radical (unpaired) electrons. The van der Waals surface area contributed by atoms with Crippen molar-refractivity contribution in [1.82, 2.24) is 0 Å². The first-order valence-electron chi connectivity index (χ1n) is 2.60. The SMILES string of the molecule is C[Si](Cl)O[Si](C)(C)C. The molecule has 0 atom stereocenters. The van der Waals surface area contributed by atoms with Gasteiger partial charge < -0.3 is 4.12 Å². The molecule has 0 unspecified atom stereocenters. The zero-order valence-electron chi connectivity index (χ0n) is 5.79. The highest BCUT2D eigenvalue weighted by Gasteiger charge is 2.17. The van der Waals surface area contributed by atoms with E-state index in [9.17, 15) is 0 Å². The zero-order chi connectivity index (χ0) is 6.78. The summed E-state index contributed by atoms with van der Waals surface area (Å²) in [4.78, 5) is 0. The molecule has 0 aromatic rings. The minimum absolute atomic E-state index is 0.958. The fraction of sp³-hybridized carbons (Fsp3) is 1.00. The van der Waals surface area contributed by atoms with Crippen molar-refractivity contribution in [2.24, 2.45) is 0 Å². The lowest BCUT2D eigenvalue weighted by Crippen LogP contribution is -2.30. The molecule has 0 aromatic heterocycles. The van der Waals surface area contributed by atoms with Crippen LogP contribution in [0.2, 0.25) is 26.2 Å².